The Morgan fingerprint density at radius 3 is 2.48 bits per heavy atom. The second-order valence-electron chi connectivity index (χ2n) is 7.26. The Hall–Kier alpha value is -1.88. The van der Waals surface area contributed by atoms with E-state index >= 15 is 0 Å². The van der Waals surface area contributed by atoms with Crippen LogP contribution in [0.5, 0.6) is 5.75 Å². The van der Waals surface area contributed by atoms with E-state index in [2.05, 4.69) is 10.2 Å². The SMILES string of the molecule is CC(=O)CCc1ccc(OCCC(=O)NC2CN3CCC2CC3)cc1. The Morgan fingerprint density at radius 2 is 1.88 bits per heavy atom. The molecule has 3 saturated heterocycles. The van der Waals surface area contributed by atoms with Gasteiger partial charge in [0.15, 0.2) is 0 Å². The first kappa shape index (κ1) is 17.9. The van der Waals surface area contributed by atoms with Crippen LogP contribution in [0.1, 0.15) is 38.2 Å². The van der Waals surface area contributed by atoms with E-state index in [1.54, 1.807) is 6.92 Å². The Bertz CT molecular complexity index is 591. The van der Waals surface area contributed by atoms with Gasteiger partial charge in [-0.15, -0.1) is 0 Å². The zero-order chi connectivity index (χ0) is 17.6. The largest absolute Gasteiger partial charge is 0.493 e. The first-order valence-electron chi connectivity index (χ1n) is 9.33. The van der Waals surface area contributed by atoms with Crippen molar-refractivity contribution in [2.45, 2.75) is 45.1 Å². The van der Waals surface area contributed by atoms with Gasteiger partial charge in [0.2, 0.25) is 5.91 Å². The van der Waals surface area contributed by atoms with Gasteiger partial charge in [-0.25, -0.2) is 0 Å². The number of Topliss-reactive ketones (excluding diaryl/α,β-unsaturated/α-hetero) is 1. The first-order chi connectivity index (χ1) is 12.1. The molecule has 1 N–H and O–H groups in total. The molecule has 2 bridgehead atoms. The smallest absolute Gasteiger partial charge is 0.223 e. The highest BCUT2D eigenvalue weighted by molar-refractivity contribution is 5.76. The van der Waals surface area contributed by atoms with Crippen molar-refractivity contribution in [1.29, 1.82) is 0 Å². The summed E-state index contributed by atoms with van der Waals surface area (Å²) in [7, 11) is 0. The summed E-state index contributed by atoms with van der Waals surface area (Å²) in [6, 6.07) is 8.08. The zero-order valence-corrected chi connectivity index (χ0v) is 15.0. The molecule has 3 fully saturated rings. The van der Waals surface area contributed by atoms with Crippen LogP contribution in [0.15, 0.2) is 24.3 Å². The van der Waals surface area contributed by atoms with E-state index in [0.29, 0.717) is 31.4 Å². The van der Waals surface area contributed by atoms with Gasteiger partial charge in [0, 0.05) is 19.0 Å². The number of benzene rings is 1. The molecule has 1 atom stereocenters. The number of hydrogen-bond acceptors (Lipinski definition) is 4. The Balaban J connectivity index is 1.36. The van der Waals surface area contributed by atoms with Gasteiger partial charge in [0.25, 0.3) is 0 Å². The number of piperidine rings is 3. The maximum absolute atomic E-state index is 12.1. The van der Waals surface area contributed by atoms with E-state index in [1.165, 1.54) is 25.9 Å². The summed E-state index contributed by atoms with van der Waals surface area (Å²) in [6.45, 7) is 5.36. The van der Waals surface area contributed by atoms with Gasteiger partial charge < -0.3 is 19.7 Å². The number of nitrogens with zero attached hydrogens (tertiary/aromatic N) is 1. The minimum absolute atomic E-state index is 0.0804. The standard InChI is InChI=1S/C20H28N2O3/c1-15(23)2-3-16-4-6-18(7-5-16)25-13-10-20(24)21-19-14-22-11-8-17(19)9-12-22/h4-7,17,19H,2-3,8-14H2,1H3,(H,21,24). The summed E-state index contributed by atoms with van der Waals surface area (Å²) in [6.07, 6.45) is 4.13. The van der Waals surface area contributed by atoms with Crippen LogP contribution in [0.3, 0.4) is 0 Å². The van der Waals surface area contributed by atoms with Gasteiger partial charge in [-0.3, -0.25) is 4.79 Å². The minimum atomic E-state index is 0.0804. The van der Waals surface area contributed by atoms with Crippen LogP contribution in [0.25, 0.3) is 0 Å². The van der Waals surface area contributed by atoms with Crippen LogP contribution in [0, 0.1) is 5.92 Å². The molecule has 0 spiro atoms. The average molecular weight is 344 g/mol. The van der Waals surface area contributed by atoms with E-state index in [1.807, 2.05) is 24.3 Å². The van der Waals surface area contributed by atoms with E-state index in [9.17, 15) is 9.59 Å². The van der Waals surface area contributed by atoms with E-state index in [0.717, 1.165) is 24.3 Å². The van der Waals surface area contributed by atoms with Crippen molar-refractivity contribution in [2.24, 2.45) is 5.92 Å². The van der Waals surface area contributed by atoms with Crippen LogP contribution in [0.4, 0.5) is 0 Å². The quantitative estimate of drug-likeness (QED) is 0.785. The van der Waals surface area contributed by atoms with Crippen LogP contribution in [0.2, 0.25) is 0 Å². The topological polar surface area (TPSA) is 58.6 Å². The molecular formula is C20H28N2O3. The minimum Gasteiger partial charge on any atom is -0.493 e. The molecule has 3 aliphatic heterocycles. The normalized spacial score (nSPS) is 24.8. The molecule has 3 heterocycles. The Labute approximate surface area is 149 Å². The number of aryl methyl sites for hydroxylation is 1. The summed E-state index contributed by atoms with van der Waals surface area (Å²) in [4.78, 5) is 25.6. The third kappa shape index (κ3) is 5.30. The number of carbonyl (C=O) groups excluding carboxylic acids is 2. The van der Waals surface area contributed by atoms with Crippen molar-refractivity contribution in [2.75, 3.05) is 26.2 Å². The highest BCUT2D eigenvalue weighted by Gasteiger charge is 2.34. The highest BCUT2D eigenvalue weighted by Crippen LogP contribution is 2.27. The summed E-state index contributed by atoms with van der Waals surface area (Å²) in [5.41, 5.74) is 1.13. The lowest BCUT2D eigenvalue weighted by Crippen LogP contribution is -2.57. The molecule has 0 aromatic heterocycles. The first-order valence-corrected chi connectivity index (χ1v) is 9.33. The Kier molecular flexibility index (Phi) is 6.08. The van der Waals surface area contributed by atoms with Crippen molar-refractivity contribution < 1.29 is 14.3 Å². The van der Waals surface area contributed by atoms with Gasteiger partial charge in [0.1, 0.15) is 11.5 Å². The van der Waals surface area contributed by atoms with Crippen LogP contribution >= 0.6 is 0 Å². The lowest BCUT2D eigenvalue weighted by Gasteiger charge is -2.44. The maximum atomic E-state index is 12.1. The Morgan fingerprint density at radius 1 is 1.16 bits per heavy atom. The third-order valence-electron chi connectivity index (χ3n) is 5.29. The van der Waals surface area contributed by atoms with Crippen LogP contribution in [-0.4, -0.2) is 48.9 Å². The molecule has 0 radical (unpaired) electrons. The molecule has 4 rings (SSSR count). The molecule has 136 valence electrons. The molecule has 1 unspecified atom stereocenters. The lowest BCUT2D eigenvalue weighted by molar-refractivity contribution is -0.123. The van der Waals surface area contributed by atoms with Crippen LogP contribution in [-0.2, 0) is 16.0 Å². The summed E-state index contributed by atoms with van der Waals surface area (Å²) in [5.74, 6) is 1.70. The molecule has 1 amide bonds. The number of nitrogens with one attached hydrogen (secondary N) is 1. The molecule has 5 heteroatoms. The second-order valence-corrected chi connectivity index (χ2v) is 7.26. The lowest BCUT2D eigenvalue weighted by atomic mass is 9.84. The fourth-order valence-corrected chi connectivity index (χ4v) is 3.74. The molecule has 25 heavy (non-hydrogen) atoms. The second kappa shape index (κ2) is 8.48. The summed E-state index contributed by atoms with van der Waals surface area (Å²) < 4.78 is 5.67. The van der Waals surface area contributed by atoms with Crippen LogP contribution < -0.4 is 10.1 Å². The monoisotopic (exact) mass is 344 g/mol. The van der Waals surface area contributed by atoms with Crippen molar-refractivity contribution in [1.82, 2.24) is 10.2 Å². The number of carbonyl (C=O) groups is 2. The van der Waals surface area contributed by atoms with Gasteiger partial charge in [-0.1, -0.05) is 12.1 Å². The number of hydrogen-bond donors (Lipinski definition) is 1. The number of fused-ring (bicyclic) bond motifs is 3. The fourth-order valence-electron chi connectivity index (χ4n) is 3.74. The summed E-state index contributed by atoms with van der Waals surface area (Å²) >= 11 is 0. The average Bonchev–Trinajstić information content (AvgIpc) is 2.62. The number of ketones is 1. The number of ether oxygens (including phenoxy) is 1. The van der Waals surface area contributed by atoms with Gasteiger partial charge in [-0.05, 0) is 62.9 Å². The zero-order valence-electron chi connectivity index (χ0n) is 15.0. The summed E-state index contributed by atoms with van der Waals surface area (Å²) in [5, 5.41) is 3.18. The van der Waals surface area contributed by atoms with Crippen molar-refractivity contribution >= 4 is 11.7 Å². The van der Waals surface area contributed by atoms with E-state index in [4.69, 9.17) is 4.74 Å². The molecule has 5 nitrogen and oxygen atoms in total. The van der Waals surface area contributed by atoms with Gasteiger partial charge in [0.05, 0.1) is 13.0 Å². The number of rotatable bonds is 8. The molecule has 3 aliphatic rings. The maximum Gasteiger partial charge on any atom is 0.223 e. The number of amides is 1. The predicted molar refractivity (Wildman–Crippen MR) is 96.7 cm³/mol. The molecule has 0 saturated carbocycles. The van der Waals surface area contributed by atoms with E-state index in [-0.39, 0.29) is 11.7 Å². The van der Waals surface area contributed by atoms with Gasteiger partial charge in [-0.2, -0.15) is 0 Å². The molecule has 1 aromatic rings. The third-order valence-corrected chi connectivity index (χ3v) is 5.29. The van der Waals surface area contributed by atoms with Crippen molar-refractivity contribution in [3.63, 3.8) is 0 Å². The van der Waals surface area contributed by atoms with Gasteiger partial charge >= 0.3 is 0 Å². The van der Waals surface area contributed by atoms with E-state index < -0.39 is 0 Å². The van der Waals surface area contributed by atoms with Crippen molar-refractivity contribution in [3.05, 3.63) is 29.8 Å². The highest BCUT2D eigenvalue weighted by atomic mass is 16.5. The molecule has 1 aromatic carbocycles. The predicted octanol–water partition coefficient (Wildman–Crippen LogP) is 2.19. The molecule has 0 aliphatic carbocycles. The fraction of sp³-hybridized carbons (Fsp3) is 0.600. The van der Waals surface area contributed by atoms with Crippen molar-refractivity contribution in [3.8, 4) is 5.75 Å². The molecular weight excluding hydrogens is 316 g/mol.